The zero-order valence-electron chi connectivity index (χ0n) is 19.2. The van der Waals surface area contributed by atoms with Crippen molar-refractivity contribution in [3.63, 3.8) is 0 Å². The number of hydrogen-bond donors (Lipinski definition) is 2. The number of aryl methyl sites for hydroxylation is 1. The number of sulfonamides is 1. The number of rotatable bonds is 8. The van der Waals surface area contributed by atoms with Crippen molar-refractivity contribution in [2.24, 2.45) is 0 Å². The highest BCUT2D eigenvalue weighted by Gasteiger charge is 2.55. The highest BCUT2D eigenvalue weighted by atomic mass is 32.2. The van der Waals surface area contributed by atoms with Crippen molar-refractivity contribution < 1.29 is 22.8 Å². The SMILES string of the molecule is CCN(CC)S(=O)(=O)c1ccc(CNC(=O)CN2C(=O)NC3(CCc4ccccc43)C2=O)cc1. The van der Waals surface area contributed by atoms with E-state index in [0.29, 0.717) is 31.5 Å². The number of amides is 4. The van der Waals surface area contributed by atoms with Gasteiger partial charge in [-0.3, -0.25) is 14.5 Å². The minimum atomic E-state index is -3.55. The Morgan fingerprint density at radius 1 is 1.09 bits per heavy atom. The van der Waals surface area contributed by atoms with E-state index in [4.69, 9.17) is 0 Å². The Hall–Kier alpha value is -3.24. The first-order valence-electron chi connectivity index (χ1n) is 11.3. The molecule has 0 radical (unpaired) electrons. The van der Waals surface area contributed by atoms with Crippen LogP contribution in [0.1, 0.15) is 37.0 Å². The Bertz CT molecular complexity index is 1220. The normalized spacial score (nSPS) is 19.6. The monoisotopic (exact) mass is 484 g/mol. The lowest BCUT2D eigenvalue weighted by atomic mass is 9.92. The average Bonchev–Trinajstić information content (AvgIpc) is 3.31. The smallest absolute Gasteiger partial charge is 0.325 e. The fourth-order valence-electron chi connectivity index (χ4n) is 4.63. The lowest BCUT2D eigenvalue weighted by Gasteiger charge is -2.22. The van der Waals surface area contributed by atoms with Crippen molar-refractivity contribution in [1.29, 1.82) is 0 Å². The van der Waals surface area contributed by atoms with Crippen LogP contribution < -0.4 is 10.6 Å². The lowest BCUT2D eigenvalue weighted by Crippen LogP contribution is -2.43. The molecule has 2 aromatic carbocycles. The van der Waals surface area contributed by atoms with Crippen LogP contribution in [-0.4, -0.2) is 55.1 Å². The van der Waals surface area contributed by atoms with Crippen LogP contribution in [0.15, 0.2) is 53.4 Å². The van der Waals surface area contributed by atoms with Gasteiger partial charge in [0.1, 0.15) is 12.1 Å². The fraction of sp³-hybridized carbons (Fsp3) is 0.375. The maximum atomic E-state index is 13.2. The summed E-state index contributed by atoms with van der Waals surface area (Å²) in [6.45, 7) is 4.08. The third-order valence-corrected chi connectivity index (χ3v) is 8.54. The van der Waals surface area contributed by atoms with Gasteiger partial charge in [0.15, 0.2) is 0 Å². The molecule has 4 rings (SSSR count). The molecular formula is C24H28N4O5S. The topological polar surface area (TPSA) is 116 Å². The second-order valence-corrected chi connectivity index (χ2v) is 10.3. The minimum Gasteiger partial charge on any atom is -0.350 e. The second kappa shape index (κ2) is 9.19. The fourth-order valence-corrected chi connectivity index (χ4v) is 6.08. The molecule has 10 heteroatoms. The second-order valence-electron chi connectivity index (χ2n) is 8.39. The van der Waals surface area contributed by atoms with Crippen molar-refractivity contribution in [2.75, 3.05) is 19.6 Å². The standard InChI is InChI=1S/C24H28N4O5S/c1-3-27(4-2)34(32,33)19-11-9-17(10-12-19)15-25-21(29)16-28-22(30)24(26-23(28)31)14-13-18-7-5-6-8-20(18)24/h5-12H,3-4,13-16H2,1-2H3,(H,25,29)(H,26,31). The number of nitrogens with zero attached hydrogens (tertiary/aromatic N) is 2. The molecule has 0 aromatic heterocycles. The van der Waals surface area contributed by atoms with Gasteiger partial charge in [-0.25, -0.2) is 13.2 Å². The molecule has 34 heavy (non-hydrogen) atoms. The molecule has 1 fully saturated rings. The molecule has 1 aliphatic carbocycles. The van der Waals surface area contributed by atoms with Gasteiger partial charge in [-0.1, -0.05) is 50.2 Å². The van der Waals surface area contributed by atoms with E-state index in [1.165, 1.54) is 16.4 Å². The molecule has 1 saturated heterocycles. The maximum Gasteiger partial charge on any atom is 0.325 e. The number of fused-ring (bicyclic) bond motifs is 2. The van der Waals surface area contributed by atoms with Gasteiger partial charge in [-0.2, -0.15) is 4.31 Å². The number of carbonyl (C=O) groups excluding carboxylic acids is 3. The average molecular weight is 485 g/mol. The van der Waals surface area contributed by atoms with E-state index < -0.39 is 33.4 Å². The molecule has 2 N–H and O–H groups in total. The molecule has 0 bridgehead atoms. The molecule has 0 saturated carbocycles. The van der Waals surface area contributed by atoms with Gasteiger partial charge in [0, 0.05) is 19.6 Å². The molecule has 1 unspecified atom stereocenters. The Kier molecular flexibility index (Phi) is 6.46. The predicted molar refractivity (Wildman–Crippen MR) is 125 cm³/mol. The summed E-state index contributed by atoms with van der Waals surface area (Å²) in [6, 6.07) is 13.2. The molecule has 9 nitrogen and oxygen atoms in total. The highest BCUT2D eigenvalue weighted by Crippen LogP contribution is 2.41. The summed E-state index contributed by atoms with van der Waals surface area (Å²) in [5, 5.41) is 5.50. The molecule has 1 atom stereocenters. The number of benzene rings is 2. The summed E-state index contributed by atoms with van der Waals surface area (Å²) in [7, 11) is -3.55. The van der Waals surface area contributed by atoms with Crippen molar-refractivity contribution in [1.82, 2.24) is 19.8 Å². The molecule has 180 valence electrons. The zero-order chi connectivity index (χ0) is 24.5. The lowest BCUT2D eigenvalue weighted by molar-refractivity contribution is -0.135. The Morgan fingerprint density at radius 3 is 2.44 bits per heavy atom. The van der Waals surface area contributed by atoms with Crippen LogP contribution in [0.3, 0.4) is 0 Å². The van der Waals surface area contributed by atoms with E-state index in [0.717, 1.165) is 16.0 Å². The van der Waals surface area contributed by atoms with Crippen LogP contribution in [0.4, 0.5) is 4.79 Å². The quantitative estimate of drug-likeness (QED) is 0.554. The van der Waals surface area contributed by atoms with Crippen molar-refractivity contribution >= 4 is 27.9 Å². The van der Waals surface area contributed by atoms with Gasteiger partial charge in [0.25, 0.3) is 5.91 Å². The van der Waals surface area contributed by atoms with Gasteiger partial charge < -0.3 is 10.6 Å². The van der Waals surface area contributed by atoms with Crippen molar-refractivity contribution in [3.8, 4) is 0 Å². The van der Waals surface area contributed by atoms with E-state index >= 15 is 0 Å². The molecular weight excluding hydrogens is 456 g/mol. The van der Waals surface area contributed by atoms with Gasteiger partial charge in [-0.05, 0) is 41.7 Å². The van der Waals surface area contributed by atoms with Crippen LogP contribution >= 0.6 is 0 Å². The summed E-state index contributed by atoms with van der Waals surface area (Å²) < 4.78 is 26.6. The first-order chi connectivity index (χ1) is 16.2. The number of nitrogens with one attached hydrogen (secondary N) is 2. The van der Waals surface area contributed by atoms with Gasteiger partial charge in [-0.15, -0.1) is 0 Å². The Balaban J connectivity index is 1.38. The number of urea groups is 1. The van der Waals surface area contributed by atoms with Gasteiger partial charge in [0.2, 0.25) is 15.9 Å². The maximum absolute atomic E-state index is 13.2. The largest absolute Gasteiger partial charge is 0.350 e. The number of imide groups is 1. The summed E-state index contributed by atoms with van der Waals surface area (Å²) in [6.07, 6.45) is 1.15. The minimum absolute atomic E-state index is 0.141. The zero-order valence-corrected chi connectivity index (χ0v) is 20.0. The van der Waals surface area contributed by atoms with Crippen LogP contribution in [0.2, 0.25) is 0 Å². The van der Waals surface area contributed by atoms with Crippen molar-refractivity contribution in [2.45, 2.75) is 43.7 Å². The molecule has 1 aliphatic heterocycles. The summed E-state index contributed by atoms with van der Waals surface area (Å²) >= 11 is 0. The Morgan fingerprint density at radius 2 is 1.76 bits per heavy atom. The highest BCUT2D eigenvalue weighted by molar-refractivity contribution is 7.89. The first kappa shape index (κ1) is 23.9. The summed E-state index contributed by atoms with van der Waals surface area (Å²) in [5.74, 6) is -0.893. The van der Waals surface area contributed by atoms with Crippen LogP contribution in [0, 0.1) is 0 Å². The molecule has 2 aliphatic rings. The van der Waals surface area contributed by atoms with Crippen LogP contribution in [0.5, 0.6) is 0 Å². The van der Waals surface area contributed by atoms with Gasteiger partial charge in [0.05, 0.1) is 4.90 Å². The first-order valence-corrected chi connectivity index (χ1v) is 12.7. The molecule has 2 aromatic rings. The Labute approximate surface area is 199 Å². The molecule has 4 amide bonds. The van der Waals surface area contributed by atoms with Crippen LogP contribution in [-0.2, 0) is 38.1 Å². The van der Waals surface area contributed by atoms with E-state index in [-0.39, 0.29) is 18.0 Å². The van der Waals surface area contributed by atoms with E-state index in [9.17, 15) is 22.8 Å². The van der Waals surface area contributed by atoms with E-state index in [2.05, 4.69) is 10.6 Å². The molecule has 1 spiro atoms. The number of hydrogen-bond acceptors (Lipinski definition) is 5. The van der Waals surface area contributed by atoms with E-state index in [1.807, 2.05) is 24.3 Å². The number of carbonyl (C=O) groups is 3. The predicted octanol–water partition coefficient (Wildman–Crippen LogP) is 1.73. The summed E-state index contributed by atoms with van der Waals surface area (Å²) in [5.41, 5.74) is 1.41. The van der Waals surface area contributed by atoms with Crippen LogP contribution in [0.25, 0.3) is 0 Å². The molecule has 1 heterocycles. The third-order valence-electron chi connectivity index (χ3n) is 6.48. The third kappa shape index (κ3) is 4.07. The van der Waals surface area contributed by atoms with Crippen molar-refractivity contribution in [3.05, 3.63) is 65.2 Å². The van der Waals surface area contributed by atoms with Gasteiger partial charge >= 0.3 is 6.03 Å². The van der Waals surface area contributed by atoms with E-state index in [1.54, 1.807) is 26.0 Å². The summed E-state index contributed by atoms with van der Waals surface area (Å²) in [4.78, 5) is 39.4.